The zero-order valence-electron chi connectivity index (χ0n) is 47.3. The second-order valence-corrected chi connectivity index (χ2v) is 23.1. The lowest BCUT2D eigenvalue weighted by molar-refractivity contribution is -0.162. The normalized spacial score (nSPS) is 27.1. The molecule has 2 aromatic rings. The van der Waals surface area contributed by atoms with E-state index in [0.717, 1.165) is 29.5 Å². The van der Waals surface area contributed by atoms with Gasteiger partial charge in [0.25, 0.3) is 0 Å². The quantitative estimate of drug-likeness (QED) is 0.0473. The van der Waals surface area contributed by atoms with Gasteiger partial charge in [-0.2, -0.15) is 11.8 Å². The lowest BCUT2D eigenvalue weighted by Gasteiger charge is -2.42. The van der Waals surface area contributed by atoms with Crippen LogP contribution in [0.5, 0.6) is 5.75 Å². The number of likely N-dealkylation sites (N-methyl/N-ethyl adjacent to an activating group) is 1. The fraction of sp³-hybridized carbons (Fsp3) is 0.569. The molecular formula is C58H77ClN6O15S. The van der Waals surface area contributed by atoms with Crippen molar-refractivity contribution in [3.63, 3.8) is 0 Å². The lowest BCUT2D eigenvalue weighted by Crippen LogP contribution is -2.63. The number of hydrogen-bond donors (Lipinski definition) is 5. The third-order valence-corrected chi connectivity index (χ3v) is 17.2. The Morgan fingerprint density at radius 3 is 2.41 bits per heavy atom. The van der Waals surface area contributed by atoms with Gasteiger partial charge >= 0.3 is 12.1 Å². The first-order valence-electron chi connectivity index (χ1n) is 27.3. The van der Waals surface area contributed by atoms with Gasteiger partial charge in [-0.1, -0.05) is 54.5 Å². The van der Waals surface area contributed by atoms with Crippen molar-refractivity contribution in [2.45, 2.75) is 134 Å². The van der Waals surface area contributed by atoms with Gasteiger partial charge in [0.05, 0.1) is 31.1 Å². The summed E-state index contributed by atoms with van der Waals surface area (Å²) >= 11 is 8.05. The van der Waals surface area contributed by atoms with E-state index in [-0.39, 0.29) is 84.9 Å². The number of amides is 6. The average molecular weight is 1170 g/mol. The van der Waals surface area contributed by atoms with E-state index in [1.54, 1.807) is 63.4 Å². The van der Waals surface area contributed by atoms with Gasteiger partial charge in [-0.05, 0) is 94.5 Å². The number of aryl methyl sites for hydroxylation is 1. The molecule has 2 aromatic carbocycles. The Bertz CT molecular complexity index is 2720. The molecule has 0 radical (unpaired) electrons. The van der Waals surface area contributed by atoms with Crippen molar-refractivity contribution < 1.29 is 71.9 Å². The van der Waals surface area contributed by atoms with Crippen molar-refractivity contribution in [3.8, 4) is 5.75 Å². The number of rotatable bonds is 21. The number of benzene rings is 2. The van der Waals surface area contributed by atoms with E-state index < -0.39 is 71.6 Å². The first-order chi connectivity index (χ1) is 38.5. The second-order valence-electron chi connectivity index (χ2n) is 21.6. The molecule has 23 heteroatoms. The summed E-state index contributed by atoms with van der Waals surface area (Å²) in [7, 11) is 5.89. The zero-order chi connectivity index (χ0) is 59.2. The van der Waals surface area contributed by atoms with E-state index in [1.807, 2.05) is 13.0 Å². The molecule has 1 aliphatic carbocycles. The first-order valence-corrected chi connectivity index (χ1v) is 28.8. The molecule has 6 amide bonds. The highest BCUT2D eigenvalue weighted by Crippen LogP contribution is 2.49. The van der Waals surface area contributed by atoms with Gasteiger partial charge < -0.3 is 54.5 Å². The van der Waals surface area contributed by atoms with Crippen LogP contribution in [-0.2, 0) is 60.6 Å². The van der Waals surface area contributed by atoms with Crippen LogP contribution in [0, 0.1) is 17.8 Å². The van der Waals surface area contributed by atoms with Crippen molar-refractivity contribution in [1.82, 2.24) is 26.2 Å². The minimum absolute atomic E-state index is 0.00718. The predicted molar refractivity (Wildman–Crippen MR) is 303 cm³/mol. The number of nitrogens with one attached hydrogen (secondary N) is 4. The fourth-order valence-corrected chi connectivity index (χ4v) is 11.6. The van der Waals surface area contributed by atoms with E-state index in [9.17, 15) is 48.3 Å². The van der Waals surface area contributed by atoms with Crippen LogP contribution in [0.15, 0.2) is 54.1 Å². The molecule has 3 aliphatic heterocycles. The number of hydrogen-bond acceptors (Lipinski definition) is 16. The van der Waals surface area contributed by atoms with Crippen molar-refractivity contribution in [2.24, 2.45) is 17.8 Å². The molecule has 0 spiro atoms. The summed E-state index contributed by atoms with van der Waals surface area (Å²) in [6.45, 7) is 7.83. The van der Waals surface area contributed by atoms with Crippen LogP contribution in [0.25, 0.3) is 0 Å². The Kier molecular flexibility index (Phi) is 22.9. The van der Waals surface area contributed by atoms with Gasteiger partial charge in [0.15, 0.2) is 18.3 Å². The van der Waals surface area contributed by atoms with E-state index >= 15 is 0 Å². The molecule has 1 unspecified atom stereocenters. The van der Waals surface area contributed by atoms with Gasteiger partial charge in [-0.15, -0.1) is 0 Å². The second kappa shape index (κ2) is 29.1. The lowest BCUT2D eigenvalue weighted by atomic mass is 9.81. The van der Waals surface area contributed by atoms with Gasteiger partial charge in [0.2, 0.25) is 29.5 Å². The monoisotopic (exact) mass is 1160 g/mol. The SMILES string of the molecule is COc1cc2cc(c1Cl)N(C)C(=O)C[C@@H](OC(=O)[C@H](C)N(C)C(=O)CCSCC(=O)NCCNC(=O)[C@H]1CC[C@H](CNC(=O)CCc3ccc(C=O)c(C=O)c3)CC1)[C@]1(C)OC1[C@H](C)[C@@H]1C[C@@](O)(NC(=O)O1)[C@H](OC)/C=C\C=C(/C)C2. The fourth-order valence-electron chi connectivity index (χ4n) is 10.5. The maximum Gasteiger partial charge on any atom is 0.409 e. The number of aldehydes is 2. The van der Waals surface area contributed by atoms with Crippen LogP contribution in [-0.4, -0.2) is 165 Å². The number of halogens is 1. The Hall–Kier alpha value is -6.33. The number of methoxy groups -OCH3 is 2. The number of nitrogens with zero attached hydrogens (tertiary/aromatic N) is 2. The zero-order valence-corrected chi connectivity index (χ0v) is 48.9. The Labute approximate surface area is 482 Å². The smallest absolute Gasteiger partial charge is 0.409 e. The van der Waals surface area contributed by atoms with Gasteiger partial charge in [0.1, 0.15) is 40.7 Å². The number of aliphatic hydroxyl groups is 1. The number of carbonyl (C=O) groups excluding carboxylic acids is 9. The topological polar surface area (TPSA) is 278 Å². The Morgan fingerprint density at radius 1 is 1.00 bits per heavy atom. The summed E-state index contributed by atoms with van der Waals surface area (Å²) in [5.41, 5.74) is 0.230. The summed E-state index contributed by atoms with van der Waals surface area (Å²) in [5, 5.41) is 23.2. The molecule has 2 saturated heterocycles. The Morgan fingerprint density at radius 2 is 1.72 bits per heavy atom. The van der Waals surface area contributed by atoms with Gasteiger partial charge in [0, 0.05) is 88.8 Å². The summed E-state index contributed by atoms with van der Waals surface area (Å²) < 4.78 is 29.4. The molecule has 4 bridgehead atoms. The van der Waals surface area contributed by atoms with Crippen LogP contribution in [0.4, 0.5) is 10.5 Å². The van der Waals surface area contributed by atoms with Crippen LogP contribution >= 0.6 is 23.4 Å². The highest BCUT2D eigenvalue weighted by atomic mass is 35.5. The largest absolute Gasteiger partial charge is 0.495 e. The highest BCUT2D eigenvalue weighted by molar-refractivity contribution is 7.99. The van der Waals surface area contributed by atoms with Crippen molar-refractivity contribution in [2.75, 3.05) is 64.4 Å². The number of anilines is 1. The minimum Gasteiger partial charge on any atom is -0.495 e. The van der Waals surface area contributed by atoms with Crippen LogP contribution in [0.2, 0.25) is 5.02 Å². The number of alkyl carbamates (subject to hydrolysis) is 1. The van der Waals surface area contributed by atoms with Crippen molar-refractivity contribution in [1.29, 1.82) is 0 Å². The molecule has 8 atom stereocenters. The van der Waals surface area contributed by atoms with Gasteiger partial charge in [-0.3, -0.25) is 38.9 Å². The molecule has 21 nitrogen and oxygen atoms in total. The molecule has 3 heterocycles. The molecule has 1 saturated carbocycles. The number of esters is 1. The highest BCUT2D eigenvalue weighted by Gasteiger charge is 2.64. The summed E-state index contributed by atoms with van der Waals surface area (Å²) in [4.78, 5) is 118. The van der Waals surface area contributed by atoms with Crippen molar-refractivity contribution >= 4 is 83.2 Å². The average Bonchev–Trinajstić information content (AvgIpc) is 3.49. The Balaban J connectivity index is 0.957. The third kappa shape index (κ3) is 16.9. The molecule has 3 fully saturated rings. The van der Waals surface area contributed by atoms with E-state index in [1.165, 1.54) is 49.8 Å². The van der Waals surface area contributed by atoms with E-state index in [2.05, 4.69) is 21.3 Å². The number of epoxide rings is 1. The number of allylic oxidation sites excluding steroid dienone is 3. The minimum atomic E-state index is -1.88. The number of thioether (sulfide) groups is 1. The molecule has 0 aromatic heterocycles. The molecule has 4 aliphatic rings. The maximum absolute atomic E-state index is 14.4. The molecular weight excluding hydrogens is 1090 g/mol. The molecule has 6 rings (SSSR count). The van der Waals surface area contributed by atoms with E-state index in [4.69, 9.17) is 35.3 Å². The predicted octanol–water partition coefficient (Wildman–Crippen LogP) is 5.05. The molecule has 5 N–H and O–H groups in total. The molecule has 442 valence electrons. The van der Waals surface area contributed by atoms with Crippen LogP contribution < -0.4 is 30.9 Å². The standard InChI is InChI=1S/C58H77ClN6O15S/c1-34-10-9-11-46(77-8)58(75)29-45(78-56(74)63-58)35(2)53-57(4,80-53)47(28-51(71)65(6)43-26-39(24-34)27-44(76-7)52(43)59)79-55(73)36(3)64(5)50(70)20-23-81-33-49(69)60-21-22-61-54(72)40-16-13-38(14-17-40)30-62-48(68)19-15-37-12-18-41(31-66)42(25-37)32-67/h9-12,18,25-27,31-32,35-36,38,40,45-47,53,75H,13-17,19-24,28-30,33H2,1-8H3,(H,60,69)(H,61,72)(H,62,68)(H,63,74)/b11-9-,34-10+/t35-,36+,38-,40-,45+,46-,47-,53?,57+,58+/m1/s1. The maximum atomic E-state index is 14.4. The number of ether oxygens (including phenoxy) is 5. The van der Waals surface area contributed by atoms with Crippen LogP contribution in [0.3, 0.4) is 0 Å². The first kappa shape index (κ1) is 63.8. The van der Waals surface area contributed by atoms with Crippen LogP contribution in [0.1, 0.15) is 111 Å². The third-order valence-electron chi connectivity index (χ3n) is 15.8. The number of fused-ring (bicyclic) bond motifs is 5. The number of carbonyl (C=O) groups is 9. The van der Waals surface area contributed by atoms with Gasteiger partial charge in [-0.25, -0.2) is 9.59 Å². The summed E-state index contributed by atoms with van der Waals surface area (Å²) in [6, 6.07) is 7.35. The summed E-state index contributed by atoms with van der Waals surface area (Å²) in [5.74, 6) is -2.03. The molecule has 81 heavy (non-hydrogen) atoms. The summed E-state index contributed by atoms with van der Waals surface area (Å²) in [6.07, 6.45) is 5.25. The van der Waals surface area contributed by atoms with E-state index in [0.29, 0.717) is 67.4 Å². The van der Waals surface area contributed by atoms with Crippen molar-refractivity contribution in [3.05, 3.63) is 81.4 Å².